The van der Waals surface area contributed by atoms with E-state index < -0.39 is 0 Å². The second-order valence-corrected chi connectivity index (χ2v) is 3.36. The molecule has 5 nitrogen and oxygen atoms in total. The molecule has 0 aliphatic rings. The highest BCUT2D eigenvalue weighted by atomic mass is 15.2. The Hall–Kier alpha value is -1.36. The molecule has 0 aromatic carbocycles. The second-order valence-electron chi connectivity index (χ2n) is 3.36. The fraction of sp³-hybridized carbons (Fsp3) is 0.600. The predicted molar refractivity (Wildman–Crippen MR) is 63.1 cm³/mol. The molecule has 0 atom stereocenters. The largest absolute Gasteiger partial charge is 0.370 e. The molecule has 0 radical (unpaired) electrons. The number of rotatable bonds is 6. The van der Waals surface area contributed by atoms with Crippen molar-refractivity contribution in [3.05, 3.63) is 12.4 Å². The van der Waals surface area contributed by atoms with Gasteiger partial charge >= 0.3 is 0 Å². The monoisotopic (exact) mass is 209 g/mol. The second kappa shape index (κ2) is 6.19. The van der Waals surface area contributed by atoms with Crippen LogP contribution < -0.4 is 16.0 Å². The zero-order valence-corrected chi connectivity index (χ0v) is 9.40. The molecule has 1 rings (SSSR count). The average Bonchev–Trinajstić information content (AvgIpc) is 2.27. The first-order chi connectivity index (χ1) is 7.27. The summed E-state index contributed by atoms with van der Waals surface area (Å²) >= 11 is 0. The molecule has 0 fully saturated rings. The lowest BCUT2D eigenvalue weighted by molar-refractivity contribution is 0.785. The van der Waals surface area contributed by atoms with Gasteiger partial charge in [0.05, 0.1) is 0 Å². The van der Waals surface area contributed by atoms with Gasteiger partial charge in [0.25, 0.3) is 0 Å². The van der Waals surface area contributed by atoms with Crippen molar-refractivity contribution in [1.82, 2.24) is 9.97 Å². The number of hydrogen-bond acceptors (Lipinski definition) is 5. The lowest BCUT2D eigenvalue weighted by Crippen LogP contribution is -2.22. The third-order valence-electron chi connectivity index (χ3n) is 2.10. The minimum absolute atomic E-state index is 0.704. The molecule has 0 amide bonds. The molecule has 1 heterocycles. The van der Waals surface area contributed by atoms with Gasteiger partial charge in [0, 0.05) is 26.2 Å². The molecule has 0 aliphatic carbocycles. The Balaban J connectivity index is 2.62. The van der Waals surface area contributed by atoms with Crippen molar-refractivity contribution in [2.75, 3.05) is 36.9 Å². The van der Waals surface area contributed by atoms with Gasteiger partial charge in [-0.1, -0.05) is 0 Å². The summed E-state index contributed by atoms with van der Waals surface area (Å²) in [5.74, 6) is 1.79. The third-order valence-corrected chi connectivity index (χ3v) is 2.10. The van der Waals surface area contributed by atoms with E-state index in [9.17, 15) is 0 Å². The molecule has 0 saturated carbocycles. The maximum Gasteiger partial charge on any atom is 0.133 e. The van der Waals surface area contributed by atoms with Crippen molar-refractivity contribution >= 4 is 11.6 Å². The molecule has 1 aromatic heterocycles. The normalized spacial score (nSPS) is 10.1. The van der Waals surface area contributed by atoms with Gasteiger partial charge in [-0.3, -0.25) is 0 Å². The van der Waals surface area contributed by atoms with E-state index in [1.165, 1.54) is 0 Å². The Labute approximate surface area is 90.7 Å². The Kier molecular flexibility index (Phi) is 4.83. The van der Waals surface area contributed by atoms with Crippen LogP contribution in [0.4, 0.5) is 11.6 Å². The molecule has 0 unspecified atom stereocenters. The van der Waals surface area contributed by atoms with Crippen molar-refractivity contribution in [2.45, 2.75) is 13.3 Å². The van der Waals surface area contributed by atoms with Crippen molar-refractivity contribution in [2.24, 2.45) is 5.73 Å². The summed E-state index contributed by atoms with van der Waals surface area (Å²) in [5, 5.41) is 3.16. The van der Waals surface area contributed by atoms with Crippen LogP contribution in [0.25, 0.3) is 0 Å². The van der Waals surface area contributed by atoms with E-state index in [1.807, 2.05) is 20.0 Å². The summed E-state index contributed by atoms with van der Waals surface area (Å²) < 4.78 is 0. The molecule has 15 heavy (non-hydrogen) atoms. The molecule has 0 saturated heterocycles. The van der Waals surface area contributed by atoms with Crippen LogP contribution in [-0.4, -0.2) is 36.6 Å². The third kappa shape index (κ3) is 3.71. The number of hydrogen-bond donors (Lipinski definition) is 2. The van der Waals surface area contributed by atoms with Gasteiger partial charge < -0.3 is 16.0 Å². The quantitative estimate of drug-likeness (QED) is 0.721. The van der Waals surface area contributed by atoms with Crippen LogP contribution in [0.1, 0.15) is 13.3 Å². The highest BCUT2D eigenvalue weighted by Gasteiger charge is 2.02. The van der Waals surface area contributed by atoms with Crippen molar-refractivity contribution < 1.29 is 0 Å². The Morgan fingerprint density at radius 3 is 2.93 bits per heavy atom. The summed E-state index contributed by atoms with van der Waals surface area (Å²) in [6.07, 6.45) is 2.54. The molecule has 3 N–H and O–H groups in total. The standard InChI is InChI=1S/C10H19N5/c1-3-12-9-7-10(14-8-13-9)15(2)6-4-5-11/h7-8H,3-6,11H2,1-2H3,(H,12,13,14). The topological polar surface area (TPSA) is 67.1 Å². The zero-order valence-electron chi connectivity index (χ0n) is 9.40. The Bertz CT molecular complexity index is 289. The maximum atomic E-state index is 5.46. The molecular weight excluding hydrogens is 190 g/mol. The van der Waals surface area contributed by atoms with Gasteiger partial charge in [-0.25, -0.2) is 9.97 Å². The van der Waals surface area contributed by atoms with Crippen LogP contribution in [-0.2, 0) is 0 Å². The summed E-state index contributed by atoms with van der Waals surface area (Å²) in [6, 6.07) is 1.94. The minimum atomic E-state index is 0.704. The maximum absolute atomic E-state index is 5.46. The number of aromatic nitrogens is 2. The summed E-state index contributed by atoms with van der Waals surface area (Å²) in [7, 11) is 2.01. The van der Waals surface area contributed by atoms with Crippen molar-refractivity contribution in [3.63, 3.8) is 0 Å². The molecule has 0 bridgehead atoms. The van der Waals surface area contributed by atoms with Crippen LogP contribution in [0.15, 0.2) is 12.4 Å². The molecule has 5 heteroatoms. The number of anilines is 2. The number of nitrogens with one attached hydrogen (secondary N) is 1. The smallest absolute Gasteiger partial charge is 0.133 e. The fourth-order valence-electron chi connectivity index (χ4n) is 1.28. The van der Waals surface area contributed by atoms with E-state index in [0.717, 1.165) is 31.1 Å². The molecule has 84 valence electrons. The van der Waals surface area contributed by atoms with E-state index in [4.69, 9.17) is 5.73 Å². The van der Waals surface area contributed by atoms with E-state index in [-0.39, 0.29) is 0 Å². The van der Waals surface area contributed by atoms with Crippen LogP contribution in [0.2, 0.25) is 0 Å². The van der Waals surface area contributed by atoms with E-state index >= 15 is 0 Å². The van der Waals surface area contributed by atoms with Gasteiger partial charge in [0.1, 0.15) is 18.0 Å². The van der Waals surface area contributed by atoms with Crippen molar-refractivity contribution in [3.8, 4) is 0 Å². The van der Waals surface area contributed by atoms with Gasteiger partial charge in [-0.2, -0.15) is 0 Å². The summed E-state index contributed by atoms with van der Waals surface area (Å²) in [6.45, 7) is 4.53. The highest BCUT2D eigenvalue weighted by Crippen LogP contribution is 2.12. The van der Waals surface area contributed by atoms with Crippen LogP contribution in [0.3, 0.4) is 0 Å². The summed E-state index contributed by atoms with van der Waals surface area (Å²) in [5.41, 5.74) is 5.46. The van der Waals surface area contributed by atoms with Crippen molar-refractivity contribution in [1.29, 1.82) is 0 Å². The SMILES string of the molecule is CCNc1cc(N(C)CCCN)ncn1. The van der Waals surface area contributed by atoms with Gasteiger partial charge in [0.2, 0.25) is 0 Å². The number of nitrogens with two attached hydrogens (primary N) is 1. The first-order valence-corrected chi connectivity index (χ1v) is 5.25. The summed E-state index contributed by atoms with van der Waals surface area (Å²) in [4.78, 5) is 10.4. The van der Waals surface area contributed by atoms with E-state index in [0.29, 0.717) is 6.54 Å². The van der Waals surface area contributed by atoms with Gasteiger partial charge in [-0.15, -0.1) is 0 Å². The zero-order chi connectivity index (χ0) is 11.1. The van der Waals surface area contributed by atoms with Crippen LogP contribution in [0, 0.1) is 0 Å². The molecule has 0 spiro atoms. The first-order valence-electron chi connectivity index (χ1n) is 5.25. The van der Waals surface area contributed by atoms with E-state index in [2.05, 4.69) is 20.2 Å². The van der Waals surface area contributed by atoms with E-state index in [1.54, 1.807) is 6.33 Å². The fourth-order valence-corrected chi connectivity index (χ4v) is 1.28. The lowest BCUT2D eigenvalue weighted by atomic mass is 10.4. The predicted octanol–water partition coefficient (Wildman–Crippen LogP) is 0.693. The van der Waals surface area contributed by atoms with Gasteiger partial charge in [0.15, 0.2) is 0 Å². The van der Waals surface area contributed by atoms with Crippen LogP contribution >= 0.6 is 0 Å². The highest BCUT2D eigenvalue weighted by molar-refractivity contribution is 5.47. The lowest BCUT2D eigenvalue weighted by Gasteiger charge is -2.17. The molecule has 1 aromatic rings. The van der Waals surface area contributed by atoms with Crippen LogP contribution in [0.5, 0.6) is 0 Å². The molecule has 0 aliphatic heterocycles. The Morgan fingerprint density at radius 1 is 1.47 bits per heavy atom. The molecular formula is C10H19N5. The number of nitrogens with zero attached hydrogens (tertiary/aromatic N) is 3. The first kappa shape index (κ1) is 11.7. The minimum Gasteiger partial charge on any atom is -0.370 e. The Morgan fingerprint density at radius 2 is 2.27 bits per heavy atom. The average molecular weight is 209 g/mol. The van der Waals surface area contributed by atoms with Gasteiger partial charge in [-0.05, 0) is 19.9 Å².